The maximum absolute atomic E-state index is 9.50. The van der Waals surface area contributed by atoms with Crippen LogP contribution in [-0.2, 0) is 0 Å². The Balaban J connectivity index is 2.42. The zero-order valence-corrected chi connectivity index (χ0v) is 5.62. The van der Waals surface area contributed by atoms with E-state index in [0.29, 0.717) is 13.0 Å². The zero-order chi connectivity index (χ0) is 7.45. The molecule has 0 amide bonds. The molecule has 1 saturated heterocycles. The predicted molar refractivity (Wildman–Crippen MR) is 36.4 cm³/mol. The Morgan fingerprint density at radius 2 is 2.60 bits per heavy atom. The van der Waals surface area contributed by atoms with Crippen LogP contribution in [0, 0.1) is 0 Å². The molecular formula is C5H10N4O. The standard InChI is InChI=1S/C5H10N4O/c6-9-8-4-5(10)1-2-7-3-5/h7,10H,1-4H2. The summed E-state index contributed by atoms with van der Waals surface area (Å²) in [5, 5.41) is 15.8. The van der Waals surface area contributed by atoms with Crippen molar-refractivity contribution in [1.82, 2.24) is 5.32 Å². The van der Waals surface area contributed by atoms with Gasteiger partial charge in [-0.25, -0.2) is 0 Å². The highest BCUT2D eigenvalue weighted by molar-refractivity contribution is 4.89. The van der Waals surface area contributed by atoms with Crippen molar-refractivity contribution < 1.29 is 5.11 Å². The lowest BCUT2D eigenvalue weighted by molar-refractivity contribution is 0.0708. The van der Waals surface area contributed by atoms with Crippen molar-refractivity contribution in [3.8, 4) is 0 Å². The maximum atomic E-state index is 9.50. The number of aliphatic hydroxyl groups is 1. The molecule has 2 N–H and O–H groups in total. The summed E-state index contributed by atoms with van der Waals surface area (Å²) in [7, 11) is 0. The Labute approximate surface area is 58.7 Å². The molecule has 5 heteroatoms. The van der Waals surface area contributed by atoms with Crippen molar-refractivity contribution in [1.29, 1.82) is 0 Å². The van der Waals surface area contributed by atoms with Gasteiger partial charge in [-0.05, 0) is 18.5 Å². The molecule has 1 aliphatic heterocycles. The van der Waals surface area contributed by atoms with Gasteiger partial charge < -0.3 is 10.4 Å². The molecule has 56 valence electrons. The van der Waals surface area contributed by atoms with Crippen molar-refractivity contribution in [3.63, 3.8) is 0 Å². The number of hydrogen-bond acceptors (Lipinski definition) is 3. The minimum Gasteiger partial charge on any atom is -0.388 e. The molecule has 10 heavy (non-hydrogen) atoms. The van der Waals surface area contributed by atoms with Crippen LogP contribution in [0.25, 0.3) is 10.4 Å². The monoisotopic (exact) mass is 142 g/mol. The minimum atomic E-state index is -0.785. The molecule has 1 rings (SSSR count). The normalized spacial score (nSPS) is 31.7. The van der Waals surface area contributed by atoms with E-state index < -0.39 is 5.60 Å². The van der Waals surface area contributed by atoms with E-state index in [1.807, 2.05) is 0 Å². The van der Waals surface area contributed by atoms with Crippen LogP contribution in [-0.4, -0.2) is 30.3 Å². The first-order valence-electron chi connectivity index (χ1n) is 3.21. The van der Waals surface area contributed by atoms with Gasteiger partial charge in [-0.1, -0.05) is 5.11 Å². The van der Waals surface area contributed by atoms with Crippen molar-refractivity contribution >= 4 is 0 Å². The van der Waals surface area contributed by atoms with Gasteiger partial charge in [0.25, 0.3) is 0 Å². The largest absolute Gasteiger partial charge is 0.388 e. The molecule has 0 radical (unpaired) electrons. The summed E-state index contributed by atoms with van der Waals surface area (Å²) in [5.41, 5.74) is 7.18. The first-order valence-corrected chi connectivity index (χ1v) is 3.21. The molecule has 1 unspecified atom stereocenters. The quantitative estimate of drug-likeness (QED) is 0.324. The van der Waals surface area contributed by atoms with Crippen LogP contribution in [0.3, 0.4) is 0 Å². The molecule has 0 spiro atoms. The van der Waals surface area contributed by atoms with Crippen molar-refractivity contribution in [2.45, 2.75) is 12.0 Å². The van der Waals surface area contributed by atoms with Crippen molar-refractivity contribution in [2.75, 3.05) is 19.6 Å². The molecule has 0 aromatic carbocycles. The fraction of sp³-hybridized carbons (Fsp3) is 1.00. The van der Waals surface area contributed by atoms with E-state index in [1.54, 1.807) is 0 Å². The molecule has 0 aromatic heterocycles. The molecule has 0 bridgehead atoms. The van der Waals surface area contributed by atoms with Crippen molar-refractivity contribution in [3.05, 3.63) is 10.4 Å². The third-order valence-corrected chi connectivity index (χ3v) is 1.65. The van der Waals surface area contributed by atoms with Gasteiger partial charge in [0.15, 0.2) is 0 Å². The van der Waals surface area contributed by atoms with Gasteiger partial charge in [0.2, 0.25) is 0 Å². The molecule has 0 aliphatic carbocycles. The van der Waals surface area contributed by atoms with Crippen LogP contribution < -0.4 is 5.32 Å². The smallest absolute Gasteiger partial charge is 0.0839 e. The van der Waals surface area contributed by atoms with Gasteiger partial charge in [-0.2, -0.15) is 0 Å². The Bertz CT molecular complexity index is 157. The van der Waals surface area contributed by atoms with Gasteiger partial charge in [0.05, 0.1) is 12.1 Å². The zero-order valence-electron chi connectivity index (χ0n) is 5.62. The summed E-state index contributed by atoms with van der Waals surface area (Å²) in [4.78, 5) is 2.58. The molecule has 5 nitrogen and oxygen atoms in total. The van der Waals surface area contributed by atoms with E-state index in [2.05, 4.69) is 15.3 Å². The number of nitrogens with one attached hydrogen (secondary N) is 1. The molecule has 1 aliphatic rings. The first-order chi connectivity index (χ1) is 4.77. The third kappa shape index (κ3) is 1.60. The topological polar surface area (TPSA) is 81.0 Å². The number of rotatable bonds is 2. The first kappa shape index (κ1) is 7.34. The second kappa shape index (κ2) is 2.88. The molecular weight excluding hydrogens is 132 g/mol. The van der Waals surface area contributed by atoms with Gasteiger partial charge in [-0.15, -0.1) is 0 Å². The van der Waals surface area contributed by atoms with Crippen LogP contribution in [0.2, 0.25) is 0 Å². The van der Waals surface area contributed by atoms with Crippen molar-refractivity contribution in [2.24, 2.45) is 5.11 Å². The minimum absolute atomic E-state index is 0.177. The van der Waals surface area contributed by atoms with E-state index >= 15 is 0 Å². The molecule has 1 heterocycles. The summed E-state index contributed by atoms with van der Waals surface area (Å²) >= 11 is 0. The maximum Gasteiger partial charge on any atom is 0.0839 e. The lowest BCUT2D eigenvalue weighted by Crippen LogP contribution is -2.34. The van der Waals surface area contributed by atoms with Gasteiger partial charge in [-0.3, -0.25) is 0 Å². The summed E-state index contributed by atoms with van der Waals surface area (Å²) in [6, 6.07) is 0. The highest BCUT2D eigenvalue weighted by Crippen LogP contribution is 2.13. The summed E-state index contributed by atoms with van der Waals surface area (Å²) in [6.07, 6.45) is 0.673. The fourth-order valence-electron chi connectivity index (χ4n) is 1.03. The average molecular weight is 142 g/mol. The number of nitrogens with zero attached hydrogens (tertiary/aromatic N) is 3. The highest BCUT2D eigenvalue weighted by Gasteiger charge is 2.29. The van der Waals surface area contributed by atoms with Crippen LogP contribution >= 0.6 is 0 Å². The van der Waals surface area contributed by atoms with Crippen LogP contribution in [0.4, 0.5) is 0 Å². The highest BCUT2D eigenvalue weighted by atomic mass is 16.3. The predicted octanol–water partition coefficient (Wildman–Crippen LogP) is 0.0211. The van der Waals surface area contributed by atoms with E-state index in [1.165, 1.54) is 0 Å². The SMILES string of the molecule is [N-]=[N+]=NCC1(O)CCNC1. The lowest BCUT2D eigenvalue weighted by Gasteiger charge is -2.16. The molecule has 1 atom stereocenters. The van der Waals surface area contributed by atoms with Crippen LogP contribution in [0.15, 0.2) is 5.11 Å². The lowest BCUT2D eigenvalue weighted by atomic mass is 10.0. The third-order valence-electron chi connectivity index (χ3n) is 1.65. The fourth-order valence-corrected chi connectivity index (χ4v) is 1.03. The Hall–Kier alpha value is -0.770. The van der Waals surface area contributed by atoms with Crippen LogP contribution in [0.5, 0.6) is 0 Å². The number of azide groups is 1. The average Bonchev–Trinajstić information content (AvgIpc) is 2.33. The Morgan fingerprint density at radius 3 is 3.10 bits per heavy atom. The molecule has 1 fully saturated rings. The van der Waals surface area contributed by atoms with Gasteiger partial charge in [0.1, 0.15) is 0 Å². The van der Waals surface area contributed by atoms with E-state index in [-0.39, 0.29) is 6.54 Å². The second-order valence-electron chi connectivity index (χ2n) is 2.54. The van der Waals surface area contributed by atoms with Gasteiger partial charge >= 0.3 is 0 Å². The summed E-state index contributed by atoms with van der Waals surface area (Å²) < 4.78 is 0. The second-order valence-corrected chi connectivity index (χ2v) is 2.54. The van der Waals surface area contributed by atoms with E-state index in [9.17, 15) is 5.11 Å². The van der Waals surface area contributed by atoms with Gasteiger partial charge in [0, 0.05) is 11.5 Å². The molecule has 0 aromatic rings. The number of β-amino-alcohol motifs (C(OH)–C–C–N with tert-alkyl or cyclic N) is 1. The Morgan fingerprint density at radius 1 is 1.80 bits per heavy atom. The summed E-state index contributed by atoms with van der Waals surface area (Å²) in [6.45, 7) is 1.51. The number of hydrogen-bond donors (Lipinski definition) is 2. The molecule has 0 saturated carbocycles. The van der Waals surface area contributed by atoms with Crippen LogP contribution in [0.1, 0.15) is 6.42 Å². The Kier molecular flexibility index (Phi) is 2.11. The van der Waals surface area contributed by atoms with E-state index in [4.69, 9.17) is 5.53 Å². The summed E-state index contributed by atoms with van der Waals surface area (Å²) in [5.74, 6) is 0. The van der Waals surface area contributed by atoms with E-state index in [0.717, 1.165) is 6.54 Å².